The van der Waals surface area contributed by atoms with Crippen LogP contribution in [-0.4, -0.2) is 47.7 Å². The predicted molar refractivity (Wildman–Crippen MR) is 120 cm³/mol. The van der Waals surface area contributed by atoms with Crippen molar-refractivity contribution in [2.45, 2.75) is 39.0 Å². The number of benzene rings is 2. The van der Waals surface area contributed by atoms with Crippen molar-refractivity contribution >= 4 is 16.8 Å². The van der Waals surface area contributed by atoms with Crippen LogP contribution in [0.3, 0.4) is 0 Å². The third-order valence-corrected chi connectivity index (χ3v) is 6.04. The number of nitrogens with zero attached hydrogens (tertiary/aromatic N) is 2. The zero-order valence-electron chi connectivity index (χ0n) is 18.3. The lowest BCUT2D eigenvalue weighted by Crippen LogP contribution is -2.40. The maximum absolute atomic E-state index is 14.3. The Morgan fingerprint density at radius 2 is 1.84 bits per heavy atom. The lowest BCUT2D eigenvalue weighted by atomic mass is 10.1. The molecule has 32 heavy (non-hydrogen) atoms. The van der Waals surface area contributed by atoms with Crippen LogP contribution in [0.5, 0.6) is 0 Å². The third-order valence-electron chi connectivity index (χ3n) is 6.04. The van der Waals surface area contributed by atoms with Gasteiger partial charge in [0, 0.05) is 51.2 Å². The highest BCUT2D eigenvalue weighted by molar-refractivity contribution is 5.84. The van der Waals surface area contributed by atoms with Crippen LogP contribution in [-0.2, 0) is 22.6 Å². The summed E-state index contributed by atoms with van der Waals surface area (Å²) in [5.41, 5.74) is 2.67. The number of carbonyl (C=O) groups excluding carboxylic acids is 1. The van der Waals surface area contributed by atoms with Gasteiger partial charge in [-0.15, -0.1) is 0 Å². The van der Waals surface area contributed by atoms with E-state index in [1.807, 2.05) is 21.7 Å². The molecule has 1 amide bonds. The van der Waals surface area contributed by atoms with Gasteiger partial charge in [0.25, 0.3) is 0 Å². The van der Waals surface area contributed by atoms with E-state index in [9.17, 15) is 13.6 Å². The van der Waals surface area contributed by atoms with Crippen LogP contribution in [0.25, 0.3) is 10.9 Å². The first kappa shape index (κ1) is 22.4. The van der Waals surface area contributed by atoms with E-state index in [0.29, 0.717) is 26.2 Å². The molecule has 0 atom stereocenters. The number of carbonyl (C=O) groups is 1. The number of halogens is 2. The average Bonchev–Trinajstić information content (AvgIpc) is 3.18. The van der Waals surface area contributed by atoms with Crippen molar-refractivity contribution in [2.24, 2.45) is 0 Å². The number of rotatable bonds is 8. The summed E-state index contributed by atoms with van der Waals surface area (Å²) in [6, 6.07) is 11.5. The summed E-state index contributed by atoms with van der Waals surface area (Å²) in [5, 5.41) is 4.34. The van der Waals surface area contributed by atoms with Crippen LogP contribution in [0.4, 0.5) is 8.78 Å². The van der Waals surface area contributed by atoms with Gasteiger partial charge in [0.05, 0.1) is 18.2 Å². The SMILES string of the molecule is CC(=O)N1CCC(OCCNCc2cc(F)cc3c2ccn3Cc2ccc(F)cc2)CC1. The predicted octanol–water partition coefficient (Wildman–Crippen LogP) is 4.08. The molecular formula is C25H29F2N3O2. The summed E-state index contributed by atoms with van der Waals surface area (Å²) < 4.78 is 35.4. The van der Waals surface area contributed by atoms with E-state index in [0.717, 1.165) is 48.0 Å². The van der Waals surface area contributed by atoms with Crippen molar-refractivity contribution in [1.82, 2.24) is 14.8 Å². The van der Waals surface area contributed by atoms with E-state index < -0.39 is 0 Å². The summed E-state index contributed by atoms with van der Waals surface area (Å²) >= 11 is 0. The minimum absolute atomic E-state index is 0.123. The van der Waals surface area contributed by atoms with Gasteiger partial charge in [0.15, 0.2) is 0 Å². The highest BCUT2D eigenvalue weighted by Crippen LogP contribution is 2.23. The van der Waals surface area contributed by atoms with E-state index in [4.69, 9.17) is 4.74 Å². The molecule has 1 N–H and O–H groups in total. The van der Waals surface area contributed by atoms with Crippen LogP contribution in [0.2, 0.25) is 0 Å². The molecule has 0 unspecified atom stereocenters. The lowest BCUT2D eigenvalue weighted by Gasteiger charge is -2.31. The first-order chi connectivity index (χ1) is 15.5. The fraction of sp³-hybridized carbons (Fsp3) is 0.400. The van der Waals surface area contributed by atoms with Gasteiger partial charge >= 0.3 is 0 Å². The Labute approximate surface area is 187 Å². The van der Waals surface area contributed by atoms with Gasteiger partial charge in [-0.2, -0.15) is 0 Å². The van der Waals surface area contributed by atoms with Crippen molar-refractivity contribution < 1.29 is 18.3 Å². The number of fused-ring (bicyclic) bond motifs is 1. The molecule has 0 saturated carbocycles. The highest BCUT2D eigenvalue weighted by atomic mass is 19.1. The van der Waals surface area contributed by atoms with Gasteiger partial charge < -0.3 is 19.5 Å². The number of aromatic nitrogens is 1. The van der Waals surface area contributed by atoms with Crippen molar-refractivity contribution in [3.05, 3.63) is 71.4 Å². The van der Waals surface area contributed by atoms with E-state index in [1.165, 1.54) is 12.1 Å². The minimum atomic E-state index is -0.276. The Balaban J connectivity index is 1.30. The Hall–Kier alpha value is -2.77. The number of piperidine rings is 1. The maximum atomic E-state index is 14.3. The van der Waals surface area contributed by atoms with Gasteiger partial charge in [-0.3, -0.25) is 4.79 Å². The monoisotopic (exact) mass is 441 g/mol. The molecule has 0 radical (unpaired) electrons. The van der Waals surface area contributed by atoms with Crippen LogP contribution in [0.15, 0.2) is 48.7 Å². The summed E-state index contributed by atoms with van der Waals surface area (Å²) in [6.45, 7) is 5.45. The lowest BCUT2D eigenvalue weighted by molar-refractivity contribution is -0.131. The van der Waals surface area contributed by atoms with Gasteiger partial charge in [0.2, 0.25) is 5.91 Å². The summed E-state index contributed by atoms with van der Waals surface area (Å²) in [6.07, 6.45) is 3.86. The van der Waals surface area contributed by atoms with Crippen LogP contribution in [0.1, 0.15) is 30.9 Å². The fourth-order valence-corrected chi connectivity index (χ4v) is 4.26. The molecule has 170 valence electrons. The summed E-state index contributed by atoms with van der Waals surface area (Å²) in [4.78, 5) is 13.3. The van der Waals surface area contributed by atoms with Crippen molar-refractivity contribution in [3.8, 4) is 0 Å². The fourth-order valence-electron chi connectivity index (χ4n) is 4.26. The van der Waals surface area contributed by atoms with E-state index >= 15 is 0 Å². The number of amides is 1. The van der Waals surface area contributed by atoms with E-state index in [-0.39, 0.29) is 23.6 Å². The molecule has 2 heterocycles. The largest absolute Gasteiger partial charge is 0.377 e. The summed E-state index contributed by atoms with van der Waals surface area (Å²) in [7, 11) is 0. The molecular weight excluding hydrogens is 412 g/mol. The zero-order chi connectivity index (χ0) is 22.5. The smallest absolute Gasteiger partial charge is 0.219 e. The first-order valence-corrected chi connectivity index (χ1v) is 11.1. The molecule has 4 rings (SSSR count). The normalized spacial score (nSPS) is 14.9. The van der Waals surface area contributed by atoms with Gasteiger partial charge in [0.1, 0.15) is 11.6 Å². The quantitative estimate of drug-likeness (QED) is 0.536. The van der Waals surface area contributed by atoms with Crippen LogP contribution < -0.4 is 5.32 Å². The number of hydrogen-bond acceptors (Lipinski definition) is 3. The van der Waals surface area contributed by atoms with E-state index in [1.54, 1.807) is 31.2 Å². The highest BCUT2D eigenvalue weighted by Gasteiger charge is 2.20. The molecule has 5 nitrogen and oxygen atoms in total. The van der Waals surface area contributed by atoms with E-state index in [2.05, 4.69) is 5.32 Å². The van der Waals surface area contributed by atoms with Crippen LogP contribution >= 0.6 is 0 Å². The molecule has 1 aromatic heterocycles. The topological polar surface area (TPSA) is 46.5 Å². The Morgan fingerprint density at radius 1 is 1.09 bits per heavy atom. The summed E-state index contributed by atoms with van der Waals surface area (Å²) in [5.74, 6) is -0.420. The molecule has 0 spiro atoms. The Kier molecular flexibility index (Phi) is 7.17. The van der Waals surface area contributed by atoms with Crippen molar-refractivity contribution in [3.63, 3.8) is 0 Å². The molecule has 7 heteroatoms. The first-order valence-electron chi connectivity index (χ1n) is 11.1. The molecule has 1 aliphatic heterocycles. The standard InChI is InChI=1S/C25H29F2N3O2/c1-18(31)29-10-6-23(7-11-29)32-13-9-28-16-20-14-22(27)15-25-24(20)8-12-30(25)17-19-2-4-21(26)5-3-19/h2-5,8,12,14-15,23,28H,6-7,9-11,13,16-17H2,1H3. The minimum Gasteiger partial charge on any atom is -0.377 e. The Bertz CT molecular complexity index is 1060. The third kappa shape index (κ3) is 5.53. The van der Waals surface area contributed by atoms with Crippen LogP contribution in [0, 0.1) is 11.6 Å². The Morgan fingerprint density at radius 3 is 2.56 bits per heavy atom. The van der Waals surface area contributed by atoms with Crippen molar-refractivity contribution in [2.75, 3.05) is 26.2 Å². The molecule has 1 fully saturated rings. The van der Waals surface area contributed by atoms with Gasteiger partial charge in [-0.05, 0) is 54.3 Å². The average molecular weight is 442 g/mol. The van der Waals surface area contributed by atoms with Crippen molar-refractivity contribution in [1.29, 1.82) is 0 Å². The number of nitrogens with one attached hydrogen (secondary N) is 1. The number of hydrogen-bond donors (Lipinski definition) is 1. The molecule has 1 aliphatic rings. The second kappa shape index (κ2) is 10.2. The van der Waals surface area contributed by atoms with Gasteiger partial charge in [-0.25, -0.2) is 8.78 Å². The zero-order valence-corrected chi connectivity index (χ0v) is 18.3. The van der Waals surface area contributed by atoms with Gasteiger partial charge in [-0.1, -0.05) is 12.1 Å². The maximum Gasteiger partial charge on any atom is 0.219 e. The molecule has 3 aromatic rings. The second-order valence-corrected chi connectivity index (χ2v) is 8.32. The number of likely N-dealkylation sites (tertiary alicyclic amines) is 1. The molecule has 2 aromatic carbocycles. The molecule has 0 bridgehead atoms. The molecule has 0 aliphatic carbocycles. The number of ether oxygens (including phenoxy) is 1. The second-order valence-electron chi connectivity index (χ2n) is 8.32. The molecule has 1 saturated heterocycles.